The van der Waals surface area contributed by atoms with E-state index >= 15 is 0 Å². The Morgan fingerprint density at radius 1 is 1.36 bits per heavy atom. The van der Waals surface area contributed by atoms with Crippen molar-refractivity contribution < 1.29 is 17.3 Å². The summed E-state index contributed by atoms with van der Waals surface area (Å²) in [6.07, 6.45) is 1.17. The van der Waals surface area contributed by atoms with Crippen LogP contribution >= 0.6 is 0 Å². The lowest BCUT2D eigenvalue weighted by molar-refractivity contribution is 0.248. The fraction of sp³-hybridized carbons (Fsp3) is 0. The number of imidazole rings is 1. The molecule has 1 aromatic carbocycles. The Morgan fingerprint density at radius 3 is 2.79 bits per heavy atom. The van der Waals surface area contributed by atoms with E-state index in [1.807, 2.05) is 0 Å². The summed E-state index contributed by atoms with van der Waals surface area (Å²) in [5.41, 5.74) is 1.04. The van der Waals surface area contributed by atoms with E-state index in [1.165, 1.54) is 6.33 Å². The molecule has 1 N–H and O–H groups in total. The summed E-state index contributed by atoms with van der Waals surface area (Å²) < 4.78 is 34.4. The molecule has 0 aliphatic carbocycles. The van der Waals surface area contributed by atoms with E-state index in [-0.39, 0.29) is 0 Å². The van der Waals surface area contributed by atoms with E-state index in [0.29, 0.717) is 11.0 Å². The molecule has 0 aliphatic heterocycles. The van der Waals surface area contributed by atoms with Crippen molar-refractivity contribution in [3.8, 4) is 0 Å². The fourth-order valence-electron chi connectivity index (χ4n) is 1.10. The number of para-hydroxylation sites is 2. The standard InChI is InChI=1S/C7H6N2O4S/c10-14(11,12)13-9-5-8-6-3-1-2-4-7(6)9/h1-5H,(H,10,11,12). The Balaban J connectivity index is 2.54. The lowest BCUT2D eigenvalue weighted by Gasteiger charge is -2.00. The van der Waals surface area contributed by atoms with Gasteiger partial charge in [0.1, 0.15) is 11.8 Å². The van der Waals surface area contributed by atoms with Gasteiger partial charge in [0.15, 0.2) is 0 Å². The van der Waals surface area contributed by atoms with Gasteiger partial charge in [0.05, 0.1) is 5.52 Å². The van der Waals surface area contributed by atoms with Crippen molar-refractivity contribution >= 4 is 21.4 Å². The van der Waals surface area contributed by atoms with Crippen molar-refractivity contribution in [3.05, 3.63) is 30.6 Å². The summed E-state index contributed by atoms with van der Waals surface area (Å²) >= 11 is 0. The third-order valence-corrected chi connectivity index (χ3v) is 1.94. The maximum absolute atomic E-state index is 10.4. The van der Waals surface area contributed by atoms with Crippen LogP contribution in [-0.2, 0) is 10.4 Å². The Morgan fingerprint density at radius 2 is 2.07 bits per heavy atom. The summed E-state index contributed by atoms with van der Waals surface area (Å²) in [7, 11) is -4.52. The van der Waals surface area contributed by atoms with Crippen molar-refractivity contribution in [3.63, 3.8) is 0 Å². The molecular weight excluding hydrogens is 208 g/mol. The first kappa shape index (κ1) is 8.97. The molecule has 0 saturated heterocycles. The van der Waals surface area contributed by atoms with Crippen LogP contribution in [0.2, 0.25) is 0 Å². The van der Waals surface area contributed by atoms with Crippen molar-refractivity contribution in [1.82, 2.24) is 9.71 Å². The van der Waals surface area contributed by atoms with Gasteiger partial charge in [0.2, 0.25) is 0 Å². The van der Waals surface area contributed by atoms with Crippen LogP contribution in [0.3, 0.4) is 0 Å². The molecule has 0 spiro atoms. The average Bonchev–Trinajstić information content (AvgIpc) is 2.47. The SMILES string of the molecule is O=S(=O)(O)On1cnc2ccccc21. The molecule has 2 rings (SSSR count). The molecule has 0 aliphatic rings. The number of nitrogens with zero attached hydrogens (tertiary/aromatic N) is 2. The topological polar surface area (TPSA) is 81.4 Å². The quantitative estimate of drug-likeness (QED) is 0.725. The number of aromatic nitrogens is 2. The Hall–Kier alpha value is -1.60. The first-order valence-corrected chi connectivity index (χ1v) is 5.02. The maximum Gasteiger partial charge on any atom is 0.465 e. The normalized spacial score (nSPS) is 11.8. The Bertz CT molecular complexity index is 560. The molecule has 0 saturated carbocycles. The molecule has 0 radical (unpaired) electrons. The van der Waals surface area contributed by atoms with Crippen LogP contribution in [0, 0.1) is 0 Å². The highest BCUT2D eigenvalue weighted by Gasteiger charge is 2.09. The third kappa shape index (κ3) is 1.68. The molecule has 74 valence electrons. The van der Waals surface area contributed by atoms with Gasteiger partial charge in [-0.2, -0.15) is 8.42 Å². The van der Waals surface area contributed by atoms with Gasteiger partial charge in [-0.15, -0.1) is 4.73 Å². The van der Waals surface area contributed by atoms with Gasteiger partial charge in [0, 0.05) is 0 Å². The summed E-state index contributed by atoms with van der Waals surface area (Å²) in [4.78, 5) is 3.87. The Kier molecular flexibility index (Phi) is 1.90. The van der Waals surface area contributed by atoms with E-state index in [1.54, 1.807) is 24.3 Å². The highest BCUT2D eigenvalue weighted by molar-refractivity contribution is 7.81. The number of fused-ring (bicyclic) bond motifs is 1. The van der Waals surface area contributed by atoms with Crippen LogP contribution in [0.25, 0.3) is 11.0 Å². The van der Waals surface area contributed by atoms with E-state index in [4.69, 9.17) is 4.55 Å². The fourth-order valence-corrected chi connectivity index (χ4v) is 1.42. The Labute approximate surface area is 79.7 Å². The first-order chi connectivity index (χ1) is 6.56. The first-order valence-electron chi connectivity index (χ1n) is 3.66. The maximum atomic E-state index is 10.4. The highest BCUT2D eigenvalue weighted by Crippen LogP contribution is 2.10. The largest absolute Gasteiger partial charge is 0.465 e. The van der Waals surface area contributed by atoms with Crippen LogP contribution in [0.5, 0.6) is 0 Å². The van der Waals surface area contributed by atoms with Gasteiger partial charge >= 0.3 is 10.4 Å². The minimum atomic E-state index is -4.52. The third-order valence-electron chi connectivity index (χ3n) is 1.60. The van der Waals surface area contributed by atoms with E-state index < -0.39 is 10.4 Å². The van der Waals surface area contributed by atoms with Gasteiger partial charge in [-0.1, -0.05) is 12.1 Å². The van der Waals surface area contributed by atoms with E-state index in [9.17, 15) is 8.42 Å². The van der Waals surface area contributed by atoms with Crippen LogP contribution in [-0.4, -0.2) is 22.7 Å². The zero-order chi connectivity index (χ0) is 10.2. The summed E-state index contributed by atoms with van der Waals surface area (Å²) in [5, 5.41) is 0. The lowest BCUT2D eigenvalue weighted by Crippen LogP contribution is -2.17. The molecule has 0 fully saturated rings. The molecule has 0 unspecified atom stereocenters. The predicted octanol–water partition coefficient (Wildman–Crippen LogP) is 0.268. The number of benzene rings is 1. The summed E-state index contributed by atoms with van der Waals surface area (Å²) in [6.45, 7) is 0. The number of hydrogen-bond acceptors (Lipinski definition) is 4. The lowest BCUT2D eigenvalue weighted by atomic mass is 10.3. The second-order valence-corrected chi connectivity index (χ2v) is 3.57. The van der Waals surface area contributed by atoms with E-state index in [2.05, 4.69) is 9.27 Å². The minimum absolute atomic E-state index is 0.463. The van der Waals surface area contributed by atoms with Crippen LogP contribution in [0.1, 0.15) is 0 Å². The molecule has 1 aromatic heterocycles. The summed E-state index contributed by atoms with van der Waals surface area (Å²) in [6, 6.07) is 6.77. The van der Waals surface area contributed by atoms with Gasteiger partial charge in [-0.05, 0) is 12.1 Å². The molecule has 0 atom stereocenters. The molecule has 6 nitrogen and oxygen atoms in total. The van der Waals surface area contributed by atoms with Crippen LogP contribution < -0.4 is 4.28 Å². The van der Waals surface area contributed by atoms with Gasteiger partial charge in [-0.25, -0.2) is 4.98 Å². The molecular formula is C7H6N2O4S. The average molecular weight is 214 g/mol. The van der Waals surface area contributed by atoms with E-state index in [0.717, 1.165) is 4.73 Å². The zero-order valence-corrected chi connectivity index (χ0v) is 7.68. The van der Waals surface area contributed by atoms with Crippen molar-refractivity contribution in [2.75, 3.05) is 0 Å². The van der Waals surface area contributed by atoms with Gasteiger partial charge in [-0.3, -0.25) is 8.84 Å². The molecule has 14 heavy (non-hydrogen) atoms. The van der Waals surface area contributed by atoms with Gasteiger partial charge < -0.3 is 0 Å². The molecule has 1 heterocycles. The smallest absolute Gasteiger partial charge is 0.265 e. The van der Waals surface area contributed by atoms with Crippen molar-refractivity contribution in [2.24, 2.45) is 0 Å². The molecule has 2 aromatic rings. The second-order valence-electron chi connectivity index (χ2n) is 2.56. The second kappa shape index (κ2) is 2.96. The van der Waals surface area contributed by atoms with Crippen molar-refractivity contribution in [1.29, 1.82) is 0 Å². The number of rotatable bonds is 2. The zero-order valence-electron chi connectivity index (χ0n) is 6.86. The van der Waals surface area contributed by atoms with Crippen LogP contribution in [0.15, 0.2) is 30.6 Å². The highest BCUT2D eigenvalue weighted by atomic mass is 32.3. The van der Waals surface area contributed by atoms with Crippen molar-refractivity contribution in [2.45, 2.75) is 0 Å². The molecule has 0 amide bonds. The van der Waals surface area contributed by atoms with Crippen LogP contribution in [0.4, 0.5) is 0 Å². The predicted molar refractivity (Wildman–Crippen MR) is 47.9 cm³/mol. The minimum Gasteiger partial charge on any atom is -0.265 e. The van der Waals surface area contributed by atoms with Gasteiger partial charge in [0.25, 0.3) is 0 Å². The molecule has 7 heteroatoms. The monoisotopic (exact) mass is 214 g/mol. The number of hydrogen-bond donors (Lipinski definition) is 1. The summed E-state index contributed by atoms with van der Waals surface area (Å²) in [5.74, 6) is 0. The molecule has 0 bridgehead atoms.